The number of anilines is 1. The van der Waals surface area contributed by atoms with Crippen molar-refractivity contribution < 1.29 is 4.79 Å². The van der Waals surface area contributed by atoms with Gasteiger partial charge in [0.25, 0.3) is 0 Å². The average Bonchev–Trinajstić information content (AvgIpc) is 2.63. The van der Waals surface area contributed by atoms with Gasteiger partial charge in [0.1, 0.15) is 11.1 Å². The van der Waals surface area contributed by atoms with Gasteiger partial charge in [0.15, 0.2) is 0 Å². The Morgan fingerprint density at radius 3 is 3.08 bits per heavy atom. The lowest BCUT2D eigenvalue weighted by Crippen LogP contribution is -2.16. The van der Waals surface area contributed by atoms with Crippen LogP contribution in [0.4, 0.5) is 5.69 Å². The van der Waals surface area contributed by atoms with Crippen molar-refractivity contribution in [2.24, 2.45) is 5.92 Å². The van der Waals surface area contributed by atoms with Crippen LogP contribution in [0.3, 0.4) is 0 Å². The number of hydrogen-bond acceptors (Lipinski definition) is 4. The number of thioether (sulfide) groups is 1. The van der Waals surface area contributed by atoms with Gasteiger partial charge in [-0.3, -0.25) is 4.79 Å². The van der Waals surface area contributed by atoms with E-state index in [-0.39, 0.29) is 11.7 Å². The van der Waals surface area contributed by atoms with E-state index in [1.54, 1.807) is 12.1 Å². The third-order valence-corrected chi connectivity index (χ3v) is 6.00. The maximum Gasteiger partial charge on any atom is 0.234 e. The Bertz CT molecular complexity index is 891. The molecule has 0 radical (unpaired) electrons. The number of carbonyl (C=O) groups is 1. The summed E-state index contributed by atoms with van der Waals surface area (Å²) in [6.07, 6.45) is 3.02. The van der Waals surface area contributed by atoms with Gasteiger partial charge >= 0.3 is 0 Å². The fourth-order valence-corrected chi connectivity index (χ4v) is 4.03. The molecule has 1 heterocycles. The SMILES string of the molecule is Cc1c(Cl)cccc1NC(=O)CSc1nc2c(cc1C#N)CC(C)CC2. The van der Waals surface area contributed by atoms with Gasteiger partial charge < -0.3 is 5.32 Å². The number of nitrogens with zero attached hydrogens (tertiary/aromatic N) is 2. The summed E-state index contributed by atoms with van der Waals surface area (Å²) in [4.78, 5) is 17.0. The van der Waals surface area contributed by atoms with E-state index in [9.17, 15) is 10.1 Å². The van der Waals surface area contributed by atoms with E-state index >= 15 is 0 Å². The average molecular weight is 386 g/mol. The molecule has 6 heteroatoms. The first-order valence-electron chi connectivity index (χ1n) is 8.58. The Kier molecular flexibility index (Phi) is 5.85. The maximum absolute atomic E-state index is 12.3. The number of carbonyl (C=O) groups excluding carboxylic acids is 1. The number of amides is 1. The zero-order valence-corrected chi connectivity index (χ0v) is 16.4. The third kappa shape index (κ3) is 4.20. The molecule has 26 heavy (non-hydrogen) atoms. The summed E-state index contributed by atoms with van der Waals surface area (Å²) in [7, 11) is 0. The van der Waals surface area contributed by atoms with Crippen LogP contribution >= 0.6 is 23.4 Å². The lowest BCUT2D eigenvalue weighted by molar-refractivity contribution is -0.113. The maximum atomic E-state index is 12.3. The molecule has 1 atom stereocenters. The number of fused-ring (bicyclic) bond motifs is 1. The summed E-state index contributed by atoms with van der Waals surface area (Å²) in [5, 5.41) is 13.6. The largest absolute Gasteiger partial charge is 0.325 e. The van der Waals surface area contributed by atoms with E-state index in [4.69, 9.17) is 11.6 Å². The van der Waals surface area contributed by atoms with E-state index in [2.05, 4.69) is 23.3 Å². The van der Waals surface area contributed by atoms with E-state index in [1.165, 1.54) is 17.3 Å². The Morgan fingerprint density at radius 2 is 2.31 bits per heavy atom. The third-order valence-electron chi connectivity index (χ3n) is 4.60. The minimum Gasteiger partial charge on any atom is -0.325 e. The number of hydrogen-bond donors (Lipinski definition) is 1. The molecular weight excluding hydrogens is 366 g/mol. The first-order valence-corrected chi connectivity index (χ1v) is 9.95. The summed E-state index contributed by atoms with van der Waals surface area (Å²) in [5.74, 6) is 0.682. The summed E-state index contributed by atoms with van der Waals surface area (Å²) >= 11 is 7.39. The number of pyridine rings is 1. The van der Waals surface area contributed by atoms with Crippen LogP contribution in [0.25, 0.3) is 0 Å². The molecule has 0 saturated carbocycles. The molecule has 1 aliphatic rings. The van der Waals surface area contributed by atoms with Crippen LogP contribution in [-0.4, -0.2) is 16.6 Å². The van der Waals surface area contributed by atoms with Gasteiger partial charge in [0.05, 0.1) is 11.3 Å². The molecule has 1 aromatic heterocycles. The molecule has 1 N–H and O–H groups in total. The lowest BCUT2D eigenvalue weighted by Gasteiger charge is -2.21. The number of rotatable bonds is 4. The number of halogens is 1. The molecule has 1 aromatic carbocycles. The van der Waals surface area contributed by atoms with Crippen LogP contribution < -0.4 is 5.32 Å². The summed E-state index contributed by atoms with van der Waals surface area (Å²) < 4.78 is 0. The Morgan fingerprint density at radius 1 is 1.50 bits per heavy atom. The van der Waals surface area contributed by atoms with Gasteiger partial charge in [0, 0.05) is 16.4 Å². The molecule has 0 saturated heterocycles. The van der Waals surface area contributed by atoms with E-state index in [0.29, 0.717) is 27.2 Å². The van der Waals surface area contributed by atoms with E-state index in [1.807, 2.05) is 19.1 Å². The monoisotopic (exact) mass is 385 g/mol. The van der Waals surface area contributed by atoms with Crippen molar-refractivity contribution in [3.63, 3.8) is 0 Å². The smallest absolute Gasteiger partial charge is 0.234 e. The first-order chi connectivity index (χ1) is 12.5. The number of aromatic nitrogens is 1. The Hall–Kier alpha value is -2.03. The van der Waals surface area contributed by atoms with Crippen LogP contribution in [0.2, 0.25) is 5.02 Å². The Balaban J connectivity index is 1.70. The summed E-state index contributed by atoms with van der Waals surface area (Å²) in [6.45, 7) is 4.09. The van der Waals surface area contributed by atoms with Crippen LogP contribution in [0.1, 0.15) is 35.7 Å². The van der Waals surface area contributed by atoms with Crippen LogP contribution in [0.5, 0.6) is 0 Å². The molecule has 0 aliphatic heterocycles. The van der Waals surface area contributed by atoms with Crippen molar-refractivity contribution in [3.05, 3.63) is 51.7 Å². The highest BCUT2D eigenvalue weighted by molar-refractivity contribution is 8.00. The highest BCUT2D eigenvalue weighted by Gasteiger charge is 2.20. The fourth-order valence-electron chi connectivity index (χ4n) is 3.08. The zero-order chi connectivity index (χ0) is 18.7. The first kappa shape index (κ1) is 18.8. The van der Waals surface area contributed by atoms with Gasteiger partial charge in [0.2, 0.25) is 5.91 Å². The highest BCUT2D eigenvalue weighted by Crippen LogP contribution is 2.30. The van der Waals surface area contributed by atoms with Crippen molar-refractivity contribution in [2.75, 3.05) is 11.1 Å². The van der Waals surface area contributed by atoms with Crippen molar-refractivity contribution in [1.29, 1.82) is 5.26 Å². The zero-order valence-electron chi connectivity index (χ0n) is 14.8. The van der Waals surface area contributed by atoms with Gasteiger partial charge in [-0.2, -0.15) is 5.26 Å². The molecule has 0 bridgehead atoms. The van der Waals surface area contributed by atoms with Gasteiger partial charge in [-0.15, -0.1) is 0 Å². The topological polar surface area (TPSA) is 65.8 Å². The number of benzene rings is 1. The molecule has 1 unspecified atom stereocenters. The van der Waals surface area contributed by atoms with Crippen LogP contribution in [0.15, 0.2) is 29.3 Å². The van der Waals surface area contributed by atoms with E-state index < -0.39 is 0 Å². The fraction of sp³-hybridized carbons (Fsp3) is 0.350. The second-order valence-electron chi connectivity index (χ2n) is 6.66. The molecule has 3 rings (SSSR count). The molecule has 2 aromatic rings. The van der Waals surface area contributed by atoms with Crippen LogP contribution in [0, 0.1) is 24.2 Å². The molecule has 0 spiro atoms. The molecule has 1 aliphatic carbocycles. The van der Waals surface area contributed by atoms with Crippen molar-refractivity contribution in [2.45, 2.75) is 38.1 Å². The second kappa shape index (κ2) is 8.11. The van der Waals surface area contributed by atoms with Gasteiger partial charge in [-0.25, -0.2) is 4.98 Å². The highest BCUT2D eigenvalue weighted by atomic mass is 35.5. The standard InChI is InChI=1S/C20H20ClN3OS/c1-12-6-7-18-14(8-12)9-15(10-22)20(24-18)26-11-19(25)23-17-5-3-4-16(21)13(17)2/h3-5,9,12H,6-8,11H2,1-2H3,(H,23,25). The van der Waals surface area contributed by atoms with Gasteiger partial charge in [-0.1, -0.05) is 36.4 Å². The van der Waals surface area contributed by atoms with Crippen molar-refractivity contribution in [3.8, 4) is 6.07 Å². The normalized spacial score (nSPS) is 15.8. The molecular formula is C20H20ClN3OS. The molecule has 134 valence electrons. The lowest BCUT2D eigenvalue weighted by atomic mass is 9.87. The van der Waals surface area contributed by atoms with E-state index in [0.717, 1.165) is 30.5 Å². The number of nitriles is 1. The predicted molar refractivity (Wildman–Crippen MR) is 106 cm³/mol. The number of aryl methyl sites for hydroxylation is 1. The minimum atomic E-state index is -0.141. The van der Waals surface area contributed by atoms with Crippen LogP contribution in [-0.2, 0) is 17.6 Å². The number of nitrogens with one attached hydrogen (secondary N) is 1. The van der Waals surface area contributed by atoms with Crippen molar-refractivity contribution >= 4 is 35.0 Å². The second-order valence-corrected chi connectivity index (χ2v) is 8.03. The minimum absolute atomic E-state index is 0.141. The Labute approximate surface area is 163 Å². The quantitative estimate of drug-likeness (QED) is 0.770. The summed E-state index contributed by atoms with van der Waals surface area (Å²) in [6, 6.07) is 9.58. The summed E-state index contributed by atoms with van der Waals surface area (Å²) in [5.41, 5.74) is 4.33. The van der Waals surface area contributed by atoms with Crippen molar-refractivity contribution in [1.82, 2.24) is 4.98 Å². The molecule has 4 nitrogen and oxygen atoms in total. The predicted octanol–water partition coefficient (Wildman–Crippen LogP) is 4.77. The van der Waals surface area contributed by atoms with Gasteiger partial charge in [-0.05, 0) is 61.4 Å². The molecule has 0 fully saturated rings. The molecule has 1 amide bonds.